The monoisotopic (exact) mass is 474 g/mol. The maximum Gasteiger partial charge on any atom is 0.192 e. The highest BCUT2D eigenvalue weighted by Crippen LogP contribution is 2.36. The van der Waals surface area contributed by atoms with Crippen molar-refractivity contribution in [1.29, 1.82) is 10.7 Å². The minimum Gasteiger partial charge on any atom is -0.472 e. The van der Waals surface area contributed by atoms with Crippen LogP contribution in [0.2, 0.25) is 0 Å². The van der Waals surface area contributed by atoms with Gasteiger partial charge in [-0.2, -0.15) is 5.26 Å². The van der Waals surface area contributed by atoms with Gasteiger partial charge in [0.15, 0.2) is 10.9 Å². The molecule has 0 fully saturated rings. The maximum atomic E-state index is 9.69. The van der Waals surface area contributed by atoms with Gasteiger partial charge in [-0.25, -0.2) is 4.98 Å². The Kier molecular flexibility index (Phi) is 7.04. The minimum absolute atomic E-state index is 0.387. The molecule has 33 heavy (non-hydrogen) atoms. The topological polar surface area (TPSA) is 120 Å². The zero-order chi connectivity index (χ0) is 23.0. The van der Waals surface area contributed by atoms with Crippen LogP contribution in [0, 0.1) is 16.7 Å². The Hall–Kier alpha value is -4.07. The molecule has 8 nitrogen and oxygen atoms in total. The van der Waals surface area contributed by atoms with Crippen LogP contribution in [0.25, 0.3) is 16.7 Å². The first-order chi connectivity index (χ1) is 16.2. The first kappa shape index (κ1) is 22.1. The molecule has 3 N–H and O–H groups in total. The van der Waals surface area contributed by atoms with E-state index in [0.717, 1.165) is 21.2 Å². The van der Waals surface area contributed by atoms with E-state index in [4.69, 9.17) is 14.6 Å². The second kappa shape index (κ2) is 10.5. The summed E-state index contributed by atoms with van der Waals surface area (Å²) in [4.78, 5) is 9.48. The number of furan rings is 1. The lowest BCUT2D eigenvalue weighted by molar-refractivity contribution is 0.480. The summed E-state index contributed by atoms with van der Waals surface area (Å²) >= 11 is 2.86. The first-order valence-corrected chi connectivity index (χ1v) is 11.4. The molecule has 10 heteroatoms. The summed E-state index contributed by atoms with van der Waals surface area (Å²) in [7, 11) is 1.76. The number of thiazole rings is 1. The Bertz CT molecular complexity index is 1310. The van der Waals surface area contributed by atoms with Gasteiger partial charge in [-0.15, -0.1) is 11.3 Å². The standard InChI is InChI=1S/C23H18N6O2S2/c1-26-12-17(11-25)20-9-19(15-4-6-30-14-15)22(13-28-20)31-21-3-2-18(8-16(21)10-24)33-29-23-27-5-7-32-23/h2-9,11-14,25-26H,1H3,(H,27,29)/b17-12+,25-11?. The Morgan fingerprint density at radius 3 is 2.88 bits per heavy atom. The molecule has 0 aliphatic heterocycles. The minimum atomic E-state index is 0.387. The van der Waals surface area contributed by atoms with E-state index in [0.29, 0.717) is 28.3 Å². The Morgan fingerprint density at radius 2 is 2.18 bits per heavy atom. The molecule has 164 valence electrons. The third-order valence-electron chi connectivity index (χ3n) is 4.43. The van der Waals surface area contributed by atoms with Gasteiger partial charge in [0.1, 0.15) is 11.8 Å². The van der Waals surface area contributed by atoms with Gasteiger partial charge in [-0.1, -0.05) is 0 Å². The molecule has 0 amide bonds. The Labute approximate surface area is 198 Å². The fourth-order valence-corrected chi connectivity index (χ4v) is 4.17. The molecule has 0 radical (unpaired) electrons. The van der Waals surface area contributed by atoms with Crippen molar-refractivity contribution < 1.29 is 9.15 Å². The molecule has 0 atom stereocenters. The summed E-state index contributed by atoms with van der Waals surface area (Å²) in [5, 5.41) is 22.9. The van der Waals surface area contributed by atoms with Crippen molar-refractivity contribution in [2.75, 3.05) is 11.8 Å². The maximum absolute atomic E-state index is 9.69. The largest absolute Gasteiger partial charge is 0.472 e. The van der Waals surface area contributed by atoms with Crippen molar-refractivity contribution in [2.24, 2.45) is 0 Å². The van der Waals surface area contributed by atoms with E-state index in [-0.39, 0.29) is 0 Å². The quantitative estimate of drug-likeness (QED) is 0.206. The molecule has 0 bridgehead atoms. The van der Waals surface area contributed by atoms with Crippen molar-refractivity contribution in [3.05, 3.63) is 78.1 Å². The number of anilines is 1. The molecular weight excluding hydrogens is 456 g/mol. The van der Waals surface area contributed by atoms with Gasteiger partial charge < -0.3 is 24.6 Å². The van der Waals surface area contributed by atoms with Crippen LogP contribution in [0.4, 0.5) is 5.13 Å². The second-order valence-electron chi connectivity index (χ2n) is 6.52. The van der Waals surface area contributed by atoms with E-state index in [1.165, 1.54) is 29.5 Å². The highest BCUT2D eigenvalue weighted by atomic mass is 32.2. The van der Waals surface area contributed by atoms with Crippen LogP contribution >= 0.6 is 23.3 Å². The first-order valence-electron chi connectivity index (χ1n) is 9.67. The number of hydrogen-bond donors (Lipinski definition) is 3. The van der Waals surface area contributed by atoms with Crippen LogP contribution < -0.4 is 14.8 Å². The summed E-state index contributed by atoms with van der Waals surface area (Å²) in [5.74, 6) is 0.875. The zero-order valence-electron chi connectivity index (χ0n) is 17.4. The zero-order valence-corrected chi connectivity index (χ0v) is 19.0. The van der Waals surface area contributed by atoms with Gasteiger partial charge in [0, 0.05) is 52.6 Å². The number of allylic oxidation sites excluding steroid dienone is 1. The van der Waals surface area contributed by atoms with Crippen LogP contribution in [-0.2, 0) is 0 Å². The summed E-state index contributed by atoms with van der Waals surface area (Å²) in [6.07, 6.45) is 9.40. The second-order valence-corrected chi connectivity index (χ2v) is 8.30. The summed E-state index contributed by atoms with van der Waals surface area (Å²) < 4.78 is 14.5. The average molecular weight is 475 g/mol. The van der Waals surface area contributed by atoms with E-state index < -0.39 is 0 Å². The van der Waals surface area contributed by atoms with Crippen LogP contribution in [0.15, 0.2) is 76.1 Å². The molecule has 0 saturated heterocycles. The van der Waals surface area contributed by atoms with E-state index in [9.17, 15) is 5.26 Å². The van der Waals surface area contributed by atoms with Crippen LogP contribution in [0.3, 0.4) is 0 Å². The van der Waals surface area contributed by atoms with Gasteiger partial charge in [-0.05, 0) is 42.3 Å². The summed E-state index contributed by atoms with van der Waals surface area (Å²) in [6.45, 7) is 0. The number of rotatable bonds is 9. The smallest absolute Gasteiger partial charge is 0.192 e. The van der Waals surface area contributed by atoms with Crippen molar-refractivity contribution in [3.8, 4) is 28.7 Å². The molecule has 4 rings (SSSR count). The van der Waals surface area contributed by atoms with Crippen molar-refractivity contribution in [1.82, 2.24) is 15.3 Å². The van der Waals surface area contributed by atoms with E-state index in [1.807, 2.05) is 23.6 Å². The summed E-state index contributed by atoms with van der Waals surface area (Å²) in [5.41, 5.74) is 3.12. The number of nitriles is 1. The number of benzene rings is 1. The van der Waals surface area contributed by atoms with Crippen molar-refractivity contribution in [3.63, 3.8) is 0 Å². The average Bonchev–Trinajstić information content (AvgIpc) is 3.57. The van der Waals surface area contributed by atoms with Crippen molar-refractivity contribution >= 4 is 40.2 Å². The predicted molar refractivity (Wildman–Crippen MR) is 131 cm³/mol. The fraction of sp³-hybridized carbons (Fsp3) is 0.0435. The van der Waals surface area contributed by atoms with Crippen LogP contribution in [0.5, 0.6) is 11.5 Å². The van der Waals surface area contributed by atoms with Crippen LogP contribution in [0.1, 0.15) is 11.3 Å². The van der Waals surface area contributed by atoms with Crippen molar-refractivity contribution in [2.45, 2.75) is 4.90 Å². The molecule has 3 heterocycles. The molecule has 4 aromatic rings. The Morgan fingerprint density at radius 1 is 1.27 bits per heavy atom. The normalized spacial score (nSPS) is 11.0. The number of nitrogens with zero attached hydrogens (tertiary/aromatic N) is 3. The van der Waals surface area contributed by atoms with E-state index in [2.05, 4.69) is 26.1 Å². The molecular formula is C23H18N6O2S2. The highest BCUT2D eigenvalue weighted by Gasteiger charge is 2.15. The van der Waals surface area contributed by atoms with Gasteiger partial charge in [0.25, 0.3) is 0 Å². The molecule has 0 spiro atoms. The number of hydrogen-bond acceptors (Lipinski definition) is 10. The number of nitrogens with one attached hydrogen (secondary N) is 3. The molecule has 0 aliphatic carbocycles. The molecule has 0 saturated carbocycles. The number of aromatic nitrogens is 2. The molecule has 3 aromatic heterocycles. The lowest BCUT2D eigenvalue weighted by Gasteiger charge is -2.13. The van der Waals surface area contributed by atoms with E-state index >= 15 is 0 Å². The number of ether oxygens (including phenoxy) is 1. The molecule has 0 unspecified atom stereocenters. The van der Waals surface area contributed by atoms with Gasteiger partial charge in [0.2, 0.25) is 0 Å². The number of pyridine rings is 1. The SMILES string of the molecule is CN/C=C(\C=N)c1cc(-c2ccoc2)c(Oc2ccc(SNc3nccs3)cc2C#N)cn1. The summed E-state index contributed by atoms with van der Waals surface area (Å²) in [6, 6.07) is 11.2. The Balaban J connectivity index is 1.64. The van der Waals surface area contributed by atoms with Gasteiger partial charge in [0.05, 0.1) is 30.0 Å². The molecule has 1 aromatic carbocycles. The van der Waals surface area contributed by atoms with E-state index in [1.54, 1.807) is 50.3 Å². The third kappa shape index (κ3) is 5.23. The van der Waals surface area contributed by atoms with Gasteiger partial charge in [-0.3, -0.25) is 4.98 Å². The third-order valence-corrected chi connectivity index (χ3v) is 6.03. The van der Waals surface area contributed by atoms with Gasteiger partial charge >= 0.3 is 0 Å². The predicted octanol–water partition coefficient (Wildman–Crippen LogP) is 5.79. The molecule has 0 aliphatic rings. The highest BCUT2D eigenvalue weighted by molar-refractivity contribution is 8.00. The lowest BCUT2D eigenvalue weighted by atomic mass is 10.1. The van der Waals surface area contributed by atoms with Crippen LogP contribution in [-0.4, -0.2) is 23.2 Å². The fourth-order valence-electron chi connectivity index (χ4n) is 2.91. The lowest BCUT2D eigenvalue weighted by Crippen LogP contribution is -2.00.